The fourth-order valence-electron chi connectivity index (χ4n) is 4.27. The first-order chi connectivity index (χ1) is 11.5. The van der Waals surface area contributed by atoms with Crippen LogP contribution in [-0.2, 0) is 11.2 Å². The van der Waals surface area contributed by atoms with Crippen molar-refractivity contribution >= 4 is 5.78 Å². The first-order valence-corrected chi connectivity index (χ1v) is 9.70. The molecule has 1 aromatic rings. The van der Waals surface area contributed by atoms with Gasteiger partial charge in [-0.1, -0.05) is 60.6 Å². The van der Waals surface area contributed by atoms with Gasteiger partial charge in [-0.15, -0.1) is 0 Å². The van der Waals surface area contributed by atoms with Gasteiger partial charge in [-0.2, -0.15) is 0 Å². The van der Waals surface area contributed by atoms with E-state index >= 15 is 0 Å². The lowest BCUT2D eigenvalue weighted by Crippen LogP contribution is -2.34. The van der Waals surface area contributed by atoms with Gasteiger partial charge in [0, 0.05) is 12.3 Å². The Balaban J connectivity index is 2.88. The second kappa shape index (κ2) is 9.40. The molecule has 0 radical (unpaired) electrons. The predicted octanol–water partition coefficient (Wildman–Crippen LogP) is 6.18. The zero-order valence-corrected chi connectivity index (χ0v) is 17.6. The van der Waals surface area contributed by atoms with E-state index in [4.69, 9.17) is 4.74 Å². The van der Waals surface area contributed by atoms with Gasteiger partial charge in [-0.25, -0.2) is 0 Å². The van der Waals surface area contributed by atoms with Gasteiger partial charge < -0.3 is 4.74 Å². The highest BCUT2D eigenvalue weighted by molar-refractivity contribution is 5.82. The van der Waals surface area contributed by atoms with Crippen LogP contribution in [0.15, 0.2) is 24.3 Å². The molecule has 25 heavy (non-hydrogen) atoms. The first-order valence-electron chi connectivity index (χ1n) is 9.70. The molecule has 0 spiro atoms. The predicted molar refractivity (Wildman–Crippen MR) is 107 cm³/mol. The van der Waals surface area contributed by atoms with E-state index in [-0.39, 0.29) is 11.3 Å². The van der Waals surface area contributed by atoms with Crippen molar-refractivity contribution in [2.75, 3.05) is 7.11 Å². The summed E-state index contributed by atoms with van der Waals surface area (Å²) in [5.74, 6) is 2.83. The summed E-state index contributed by atoms with van der Waals surface area (Å²) in [5, 5.41) is 0. The Hall–Kier alpha value is -1.31. The molecule has 0 unspecified atom stereocenters. The summed E-state index contributed by atoms with van der Waals surface area (Å²) in [7, 11) is 1.69. The number of hydrogen-bond donors (Lipinski definition) is 0. The number of carbonyl (C=O) groups is 1. The standard InChI is InChI=1S/C23H38O2/c1-16(2)13-19(14-18-9-11-20(25-8)12-10-18)15-21(24)22(17(3)4)23(5,6)7/h9-12,16-17,19,22H,13-15H2,1-8H3/t19-,22-/m1/s1. The van der Waals surface area contributed by atoms with E-state index in [0.717, 1.165) is 18.6 Å². The molecule has 0 bridgehead atoms. The highest BCUT2D eigenvalue weighted by Gasteiger charge is 2.34. The van der Waals surface area contributed by atoms with Crippen molar-refractivity contribution in [1.29, 1.82) is 0 Å². The molecule has 0 saturated carbocycles. The van der Waals surface area contributed by atoms with Crippen molar-refractivity contribution in [3.05, 3.63) is 29.8 Å². The van der Waals surface area contributed by atoms with Gasteiger partial charge in [0.1, 0.15) is 11.5 Å². The largest absolute Gasteiger partial charge is 0.497 e. The fourth-order valence-corrected chi connectivity index (χ4v) is 4.27. The molecular formula is C23H38O2. The molecule has 0 fully saturated rings. The minimum Gasteiger partial charge on any atom is -0.497 e. The molecule has 2 heteroatoms. The van der Waals surface area contributed by atoms with Crippen LogP contribution in [0.1, 0.15) is 66.9 Å². The molecule has 0 amide bonds. The van der Waals surface area contributed by atoms with Crippen LogP contribution in [0.2, 0.25) is 0 Å². The summed E-state index contributed by atoms with van der Waals surface area (Å²) >= 11 is 0. The summed E-state index contributed by atoms with van der Waals surface area (Å²) < 4.78 is 5.24. The van der Waals surface area contributed by atoms with Crippen LogP contribution in [0, 0.1) is 29.1 Å². The monoisotopic (exact) mass is 346 g/mol. The molecule has 0 N–H and O–H groups in total. The summed E-state index contributed by atoms with van der Waals surface area (Å²) in [6.45, 7) is 15.4. The number of Topliss-reactive ketones (excluding diaryl/α,β-unsaturated/α-hetero) is 1. The van der Waals surface area contributed by atoms with Gasteiger partial charge >= 0.3 is 0 Å². The summed E-state index contributed by atoms with van der Waals surface area (Å²) in [5.41, 5.74) is 1.31. The summed E-state index contributed by atoms with van der Waals surface area (Å²) in [6.07, 6.45) is 2.74. The number of benzene rings is 1. The van der Waals surface area contributed by atoms with Crippen LogP contribution in [0.4, 0.5) is 0 Å². The lowest BCUT2D eigenvalue weighted by molar-refractivity contribution is -0.129. The lowest BCUT2D eigenvalue weighted by atomic mass is 9.70. The molecule has 1 rings (SSSR count). The number of rotatable bonds is 9. The Morgan fingerprint density at radius 2 is 1.60 bits per heavy atom. The molecular weight excluding hydrogens is 308 g/mol. The highest BCUT2D eigenvalue weighted by atomic mass is 16.5. The Kier molecular flexibility index (Phi) is 8.18. The minimum atomic E-state index is 0.0216. The molecule has 0 heterocycles. The number of methoxy groups -OCH3 is 1. The van der Waals surface area contributed by atoms with Gasteiger partial charge in [0.15, 0.2) is 0 Å². The molecule has 0 aliphatic carbocycles. The SMILES string of the molecule is COc1ccc(C[C@H](CC(=O)[C@@H](C(C)C)C(C)(C)C)CC(C)C)cc1. The van der Waals surface area contributed by atoms with Gasteiger partial charge in [-0.05, 0) is 53.7 Å². The Morgan fingerprint density at radius 1 is 1.04 bits per heavy atom. The molecule has 142 valence electrons. The second-order valence-electron chi connectivity index (χ2n) is 9.31. The van der Waals surface area contributed by atoms with E-state index in [2.05, 4.69) is 60.6 Å². The van der Waals surface area contributed by atoms with E-state index in [0.29, 0.717) is 30.0 Å². The van der Waals surface area contributed by atoms with E-state index in [9.17, 15) is 4.79 Å². The normalized spacial score (nSPS) is 14.6. The zero-order valence-electron chi connectivity index (χ0n) is 17.6. The number of hydrogen-bond acceptors (Lipinski definition) is 2. The topological polar surface area (TPSA) is 26.3 Å². The number of ketones is 1. The molecule has 2 nitrogen and oxygen atoms in total. The lowest BCUT2D eigenvalue weighted by Gasteiger charge is -2.34. The number of carbonyl (C=O) groups excluding carboxylic acids is 1. The third-order valence-corrected chi connectivity index (χ3v) is 4.92. The number of ether oxygens (including phenoxy) is 1. The first kappa shape index (κ1) is 21.7. The van der Waals surface area contributed by atoms with Crippen LogP contribution < -0.4 is 4.74 Å². The summed E-state index contributed by atoms with van der Waals surface area (Å²) in [4.78, 5) is 13.1. The van der Waals surface area contributed by atoms with Gasteiger partial charge in [0.25, 0.3) is 0 Å². The molecule has 0 aliphatic rings. The maximum Gasteiger partial charge on any atom is 0.137 e. The van der Waals surface area contributed by atoms with Crippen molar-refractivity contribution in [3.63, 3.8) is 0 Å². The van der Waals surface area contributed by atoms with Crippen molar-refractivity contribution in [2.24, 2.45) is 29.1 Å². The smallest absolute Gasteiger partial charge is 0.137 e. The van der Waals surface area contributed by atoms with Crippen LogP contribution in [0.25, 0.3) is 0 Å². The molecule has 0 aliphatic heterocycles. The van der Waals surface area contributed by atoms with E-state index < -0.39 is 0 Å². The van der Waals surface area contributed by atoms with Crippen LogP contribution in [0.5, 0.6) is 5.75 Å². The van der Waals surface area contributed by atoms with Gasteiger partial charge in [0.2, 0.25) is 0 Å². The summed E-state index contributed by atoms with van der Waals surface area (Å²) in [6, 6.07) is 8.27. The van der Waals surface area contributed by atoms with Gasteiger partial charge in [0.05, 0.1) is 7.11 Å². The maximum atomic E-state index is 13.1. The van der Waals surface area contributed by atoms with Gasteiger partial charge in [-0.3, -0.25) is 4.79 Å². The average molecular weight is 347 g/mol. The fraction of sp³-hybridized carbons (Fsp3) is 0.696. The second-order valence-corrected chi connectivity index (χ2v) is 9.31. The average Bonchev–Trinajstić information content (AvgIpc) is 2.45. The van der Waals surface area contributed by atoms with Crippen LogP contribution in [0.3, 0.4) is 0 Å². The van der Waals surface area contributed by atoms with Crippen molar-refractivity contribution < 1.29 is 9.53 Å². The molecule has 0 aromatic heterocycles. The third-order valence-electron chi connectivity index (χ3n) is 4.92. The van der Waals surface area contributed by atoms with E-state index in [1.54, 1.807) is 7.11 Å². The van der Waals surface area contributed by atoms with E-state index in [1.807, 2.05) is 12.1 Å². The highest BCUT2D eigenvalue weighted by Crippen LogP contribution is 2.35. The van der Waals surface area contributed by atoms with Crippen molar-refractivity contribution in [3.8, 4) is 5.75 Å². The Labute approximate surface area is 155 Å². The molecule has 1 aromatic carbocycles. The Bertz CT molecular complexity index is 520. The van der Waals surface area contributed by atoms with Crippen LogP contribution >= 0.6 is 0 Å². The van der Waals surface area contributed by atoms with Crippen molar-refractivity contribution in [1.82, 2.24) is 0 Å². The maximum absolute atomic E-state index is 13.1. The van der Waals surface area contributed by atoms with E-state index in [1.165, 1.54) is 5.56 Å². The van der Waals surface area contributed by atoms with Crippen molar-refractivity contribution in [2.45, 2.75) is 67.7 Å². The van der Waals surface area contributed by atoms with Crippen LogP contribution in [-0.4, -0.2) is 12.9 Å². The zero-order chi connectivity index (χ0) is 19.2. The minimum absolute atomic E-state index is 0.0216. The quantitative estimate of drug-likeness (QED) is 0.534. The molecule has 2 atom stereocenters. The third kappa shape index (κ3) is 7.22. The molecule has 0 saturated heterocycles. The Morgan fingerprint density at radius 3 is 2.00 bits per heavy atom.